The van der Waals surface area contributed by atoms with Crippen LogP contribution in [0.5, 0.6) is 17.2 Å². The quantitative estimate of drug-likeness (QED) is 0.257. The second-order valence-corrected chi connectivity index (χ2v) is 11.0. The van der Waals surface area contributed by atoms with Gasteiger partial charge in [-0.3, -0.25) is 9.69 Å². The third-order valence-electron chi connectivity index (χ3n) is 7.17. The molecule has 1 saturated carbocycles. The van der Waals surface area contributed by atoms with E-state index in [1.54, 1.807) is 0 Å². The van der Waals surface area contributed by atoms with Gasteiger partial charge in [0.05, 0.1) is 5.92 Å². The second kappa shape index (κ2) is 14.5. The van der Waals surface area contributed by atoms with Crippen molar-refractivity contribution in [1.82, 2.24) is 20.4 Å². The van der Waals surface area contributed by atoms with E-state index in [1.807, 2.05) is 0 Å². The summed E-state index contributed by atoms with van der Waals surface area (Å²) >= 11 is 5.37. The van der Waals surface area contributed by atoms with Gasteiger partial charge in [0.15, 0.2) is 5.11 Å². The SMILES string of the molecule is CN1CCN(CCNC(=O)C2CC(NC(=S)Nc3cccc(OC(F)(F)F)c3)CC2Oc2ccc(OC(F)(F)F)cc2)CC1. The van der Waals surface area contributed by atoms with Crippen LogP contribution in [0.1, 0.15) is 12.8 Å². The van der Waals surface area contributed by atoms with E-state index in [2.05, 4.69) is 42.3 Å². The Hall–Kier alpha value is -3.50. The summed E-state index contributed by atoms with van der Waals surface area (Å²) in [6.07, 6.45) is -9.69. The molecule has 2 fully saturated rings. The fourth-order valence-corrected chi connectivity index (χ4v) is 5.37. The minimum Gasteiger partial charge on any atom is -0.490 e. The third-order valence-corrected chi connectivity index (χ3v) is 7.39. The zero-order valence-corrected chi connectivity index (χ0v) is 24.5. The Balaban J connectivity index is 1.37. The van der Waals surface area contributed by atoms with Crippen LogP contribution in [0.4, 0.5) is 32.0 Å². The van der Waals surface area contributed by atoms with Crippen LogP contribution in [-0.2, 0) is 4.79 Å². The molecule has 0 bridgehead atoms. The number of likely N-dealkylation sites (N-methyl/N-ethyl adjacent to an activating group) is 1. The normalized spacial score (nSPS) is 21.4. The van der Waals surface area contributed by atoms with E-state index in [0.717, 1.165) is 50.4 Å². The Bertz CT molecular complexity index is 1260. The van der Waals surface area contributed by atoms with Crippen molar-refractivity contribution in [2.45, 2.75) is 37.7 Å². The molecule has 2 aromatic carbocycles. The number of halogens is 6. The number of carbonyl (C=O) groups is 1. The number of hydrogen-bond acceptors (Lipinski definition) is 7. The second-order valence-electron chi connectivity index (χ2n) is 10.6. The van der Waals surface area contributed by atoms with Crippen molar-refractivity contribution in [2.75, 3.05) is 51.6 Å². The van der Waals surface area contributed by atoms with Crippen molar-refractivity contribution in [1.29, 1.82) is 0 Å². The molecule has 3 unspecified atom stereocenters. The van der Waals surface area contributed by atoms with Gasteiger partial charge in [0, 0.05) is 63.5 Å². The summed E-state index contributed by atoms with van der Waals surface area (Å²) < 4.78 is 89.3. The van der Waals surface area contributed by atoms with Crippen molar-refractivity contribution in [3.8, 4) is 17.2 Å². The zero-order chi connectivity index (χ0) is 31.9. The summed E-state index contributed by atoms with van der Waals surface area (Å²) in [7, 11) is 2.06. The Morgan fingerprint density at radius 3 is 2.20 bits per heavy atom. The minimum absolute atomic E-state index is 0.114. The average Bonchev–Trinajstić information content (AvgIpc) is 3.31. The number of rotatable bonds is 10. The van der Waals surface area contributed by atoms with Gasteiger partial charge in [-0.05, 0) is 62.1 Å². The van der Waals surface area contributed by atoms with Gasteiger partial charge in [-0.25, -0.2) is 0 Å². The summed E-state index contributed by atoms with van der Waals surface area (Å²) in [6.45, 7) is 4.81. The van der Waals surface area contributed by atoms with E-state index in [4.69, 9.17) is 17.0 Å². The largest absolute Gasteiger partial charge is 0.573 e. The van der Waals surface area contributed by atoms with Gasteiger partial charge in [-0.15, -0.1) is 26.3 Å². The lowest BCUT2D eigenvalue weighted by Gasteiger charge is -2.32. The smallest absolute Gasteiger partial charge is 0.490 e. The molecule has 2 aromatic rings. The van der Waals surface area contributed by atoms with Crippen LogP contribution in [-0.4, -0.2) is 92.0 Å². The Morgan fingerprint density at radius 2 is 1.55 bits per heavy atom. The van der Waals surface area contributed by atoms with Crippen LogP contribution in [0, 0.1) is 5.92 Å². The molecule has 2 aliphatic rings. The van der Waals surface area contributed by atoms with Crippen LogP contribution < -0.4 is 30.2 Å². The highest BCUT2D eigenvalue weighted by Gasteiger charge is 2.41. The van der Waals surface area contributed by atoms with Crippen LogP contribution in [0.3, 0.4) is 0 Å². The summed E-state index contributed by atoms with van der Waals surface area (Å²) in [4.78, 5) is 17.8. The summed E-state index contributed by atoms with van der Waals surface area (Å²) in [5.74, 6) is -1.42. The average molecular weight is 650 g/mol. The maximum absolute atomic E-state index is 13.3. The number of nitrogens with zero attached hydrogens (tertiary/aromatic N) is 2. The van der Waals surface area contributed by atoms with Crippen LogP contribution in [0.15, 0.2) is 48.5 Å². The number of thiocarbonyl (C=S) groups is 1. The maximum Gasteiger partial charge on any atom is 0.573 e. The molecule has 1 saturated heterocycles. The molecule has 0 aromatic heterocycles. The topological polar surface area (TPSA) is 87.3 Å². The van der Waals surface area contributed by atoms with Gasteiger partial charge < -0.3 is 35.1 Å². The lowest BCUT2D eigenvalue weighted by atomic mass is 10.0. The predicted octanol–water partition coefficient (Wildman–Crippen LogP) is 4.36. The van der Waals surface area contributed by atoms with E-state index in [-0.39, 0.29) is 28.5 Å². The van der Waals surface area contributed by atoms with E-state index in [1.165, 1.54) is 24.3 Å². The fourth-order valence-electron chi connectivity index (χ4n) is 5.08. The lowest BCUT2D eigenvalue weighted by molar-refractivity contribution is -0.275. The molecule has 9 nitrogen and oxygen atoms in total. The first-order valence-corrected chi connectivity index (χ1v) is 14.3. The molecule has 0 spiro atoms. The summed E-state index contributed by atoms with van der Waals surface area (Å²) in [5, 5.41) is 8.99. The molecule has 1 heterocycles. The molecule has 4 rings (SSSR count). The highest BCUT2D eigenvalue weighted by molar-refractivity contribution is 7.80. The molecular weight excluding hydrogens is 616 g/mol. The number of benzene rings is 2. The highest BCUT2D eigenvalue weighted by Crippen LogP contribution is 2.32. The number of anilines is 1. The van der Waals surface area contributed by atoms with Crippen molar-refractivity contribution in [3.63, 3.8) is 0 Å². The molecular formula is C28H33F6N5O4S. The van der Waals surface area contributed by atoms with Crippen molar-refractivity contribution in [3.05, 3.63) is 48.5 Å². The van der Waals surface area contributed by atoms with Crippen molar-refractivity contribution < 1.29 is 45.3 Å². The lowest BCUT2D eigenvalue weighted by Crippen LogP contribution is -2.47. The Labute approximate surface area is 255 Å². The van der Waals surface area contributed by atoms with E-state index < -0.39 is 36.2 Å². The van der Waals surface area contributed by atoms with Gasteiger partial charge in [0.25, 0.3) is 0 Å². The number of nitrogens with one attached hydrogen (secondary N) is 3. The molecule has 16 heteroatoms. The first-order chi connectivity index (χ1) is 20.7. The number of alkyl halides is 6. The molecule has 1 aliphatic heterocycles. The maximum atomic E-state index is 13.3. The number of hydrogen-bond donors (Lipinski definition) is 3. The van der Waals surface area contributed by atoms with Gasteiger partial charge in [0.1, 0.15) is 23.4 Å². The van der Waals surface area contributed by atoms with E-state index in [0.29, 0.717) is 25.9 Å². The fraction of sp³-hybridized carbons (Fsp3) is 0.500. The van der Waals surface area contributed by atoms with E-state index >= 15 is 0 Å². The number of piperazine rings is 1. The number of amides is 1. The van der Waals surface area contributed by atoms with Crippen molar-refractivity contribution >= 4 is 28.9 Å². The first-order valence-electron chi connectivity index (χ1n) is 13.9. The Morgan fingerprint density at radius 1 is 0.909 bits per heavy atom. The molecule has 1 aliphatic carbocycles. The molecule has 3 N–H and O–H groups in total. The molecule has 1 amide bonds. The Kier molecular flexibility index (Phi) is 11.0. The van der Waals surface area contributed by atoms with Crippen LogP contribution in [0.2, 0.25) is 0 Å². The predicted molar refractivity (Wildman–Crippen MR) is 153 cm³/mol. The first kappa shape index (κ1) is 33.4. The zero-order valence-electron chi connectivity index (χ0n) is 23.7. The highest BCUT2D eigenvalue weighted by atomic mass is 32.1. The molecule has 44 heavy (non-hydrogen) atoms. The minimum atomic E-state index is -4.85. The standard InChI is InChI=1S/C28H33F6N5O4S/c1-38-11-13-39(14-12-38)10-9-35-25(40)23-16-19(17-24(23)41-20-5-7-21(8-6-20)42-27(29,30)31)37-26(44)36-18-3-2-4-22(15-18)43-28(32,33)34/h2-8,15,19,23-24H,9-14,16-17H2,1H3,(H,35,40)(H2,36,37,44). The van der Waals surface area contributed by atoms with Crippen LogP contribution >= 0.6 is 12.2 Å². The molecule has 3 atom stereocenters. The van der Waals surface area contributed by atoms with Gasteiger partial charge in [-0.2, -0.15) is 0 Å². The van der Waals surface area contributed by atoms with Crippen molar-refractivity contribution in [2.24, 2.45) is 5.92 Å². The van der Waals surface area contributed by atoms with Gasteiger partial charge >= 0.3 is 12.7 Å². The van der Waals surface area contributed by atoms with Crippen LogP contribution in [0.25, 0.3) is 0 Å². The molecule has 242 valence electrons. The van der Waals surface area contributed by atoms with Gasteiger partial charge in [-0.1, -0.05) is 6.07 Å². The summed E-state index contributed by atoms with van der Waals surface area (Å²) in [5.41, 5.74) is 0.259. The number of ether oxygens (including phenoxy) is 3. The third kappa shape index (κ3) is 10.9. The number of carbonyl (C=O) groups excluding carboxylic acids is 1. The van der Waals surface area contributed by atoms with E-state index in [9.17, 15) is 31.1 Å². The summed E-state index contributed by atoms with van der Waals surface area (Å²) in [6, 6.07) is 9.73. The monoisotopic (exact) mass is 649 g/mol. The van der Waals surface area contributed by atoms with Gasteiger partial charge in [0.2, 0.25) is 5.91 Å². The molecule has 0 radical (unpaired) electrons.